The molecule has 0 aliphatic heterocycles. The maximum absolute atomic E-state index is 11.3. The number of hydrogen-bond acceptors (Lipinski definition) is 4. The van der Waals surface area contributed by atoms with Gasteiger partial charge in [0.1, 0.15) is 5.75 Å². The first kappa shape index (κ1) is 9.66. The number of amides is 1. The summed E-state index contributed by atoms with van der Waals surface area (Å²) in [7, 11) is -3.65. The zero-order chi connectivity index (χ0) is 9.90. The van der Waals surface area contributed by atoms with Crippen LogP contribution in [0.3, 0.4) is 0 Å². The Balaban J connectivity index is 3.02. The van der Waals surface area contributed by atoms with E-state index in [1.54, 1.807) is 6.07 Å². The normalized spacial score (nSPS) is 11.1. The van der Waals surface area contributed by atoms with Gasteiger partial charge in [0, 0.05) is 6.20 Å². The first-order valence-electron chi connectivity index (χ1n) is 3.44. The van der Waals surface area contributed by atoms with Gasteiger partial charge in [0.25, 0.3) is 0 Å². The highest BCUT2D eigenvalue weighted by Gasteiger charge is 2.17. The van der Waals surface area contributed by atoms with Gasteiger partial charge in [-0.05, 0) is 12.1 Å². The Kier molecular flexibility index (Phi) is 2.62. The molecular formula is C7H8N2O3S. The Morgan fingerprint density at radius 1 is 1.46 bits per heavy atom. The third-order valence-electron chi connectivity index (χ3n) is 1.29. The molecule has 1 aromatic rings. The minimum atomic E-state index is -3.65. The van der Waals surface area contributed by atoms with Gasteiger partial charge in [-0.15, -0.1) is 0 Å². The van der Waals surface area contributed by atoms with Crippen LogP contribution in [0.4, 0.5) is 0 Å². The second-order valence-electron chi connectivity index (χ2n) is 2.39. The fourth-order valence-corrected chi connectivity index (χ4v) is 1.82. The third-order valence-corrected chi connectivity index (χ3v) is 2.83. The van der Waals surface area contributed by atoms with Crippen LogP contribution in [0.1, 0.15) is 0 Å². The van der Waals surface area contributed by atoms with E-state index in [1.165, 1.54) is 18.3 Å². The first-order valence-corrected chi connectivity index (χ1v) is 5.10. The van der Waals surface area contributed by atoms with Gasteiger partial charge in [0.05, 0.1) is 0 Å². The van der Waals surface area contributed by atoms with Crippen LogP contribution in [-0.2, 0) is 14.6 Å². The summed E-state index contributed by atoms with van der Waals surface area (Å²) < 4.78 is 22.6. The van der Waals surface area contributed by atoms with Crippen molar-refractivity contribution in [1.29, 1.82) is 0 Å². The molecule has 6 heteroatoms. The molecule has 70 valence electrons. The smallest absolute Gasteiger partial charge is 0.233 e. The predicted molar refractivity (Wildman–Crippen MR) is 45.5 cm³/mol. The fourth-order valence-electron chi connectivity index (χ4n) is 0.792. The highest BCUT2D eigenvalue weighted by Crippen LogP contribution is 2.05. The van der Waals surface area contributed by atoms with Crippen molar-refractivity contribution in [2.24, 2.45) is 5.73 Å². The second-order valence-corrected chi connectivity index (χ2v) is 4.33. The molecule has 0 fully saturated rings. The Hall–Kier alpha value is -1.43. The lowest BCUT2D eigenvalue weighted by molar-refractivity contribution is -0.115. The Bertz CT molecular complexity index is 399. The molecule has 0 saturated carbocycles. The summed E-state index contributed by atoms with van der Waals surface area (Å²) in [5, 5.41) is -0.131. The van der Waals surface area contributed by atoms with Crippen molar-refractivity contribution in [3.63, 3.8) is 0 Å². The van der Waals surface area contributed by atoms with Crippen molar-refractivity contribution in [3.8, 4) is 0 Å². The van der Waals surface area contributed by atoms with Gasteiger partial charge < -0.3 is 5.73 Å². The van der Waals surface area contributed by atoms with Gasteiger partial charge in [0.2, 0.25) is 15.7 Å². The lowest BCUT2D eigenvalue weighted by atomic mass is 10.5. The molecule has 0 radical (unpaired) electrons. The van der Waals surface area contributed by atoms with E-state index >= 15 is 0 Å². The molecule has 0 saturated heterocycles. The van der Waals surface area contributed by atoms with E-state index in [0.717, 1.165) is 0 Å². The van der Waals surface area contributed by atoms with Gasteiger partial charge in [-0.2, -0.15) is 0 Å². The van der Waals surface area contributed by atoms with Crippen LogP contribution in [0.25, 0.3) is 0 Å². The van der Waals surface area contributed by atoms with Crippen LogP contribution in [0.5, 0.6) is 0 Å². The molecule has 1 amide bonds. The molecule has 0 aliphatic rings. The number of carbonyl (C=O) groups is 1. The lowest BCUT2D eigenvalue weighted by Crippen LogP contribution is -2.23. The van der Waals surface area contributed by atoms with Crippen molar-refractivity contribution in [2.75, 3.05) is 5.75 Å². The van der Waals surface area contributed by atoms with Crippen molar-refractivity contribution >= 4 is 15.7 Å². The second kappa shape index (κ2) is 3.53. The van der Waals surface area contributed by atoms with Crippen LogP contribution < -0.4 is 5.73 Å². The van der Waals surface area contributed by atoms with E-state index in [2.05, 4.69) is 4.98 Å². The van der Waals surface area contributed by atoms with Crippen molar-refractivity contribution in [3.05, 3.63) is 24.4 Å². The Morgan fingerprint density at radius 2 is 2.15 bits per heavy atom. The molecular weight excluding hydrogens is 192 g/mol. The number of aromatic nitrogens is 1. The molecule has 1 rings (SSSR count). The summed E-state index contributed by atoms with van der Waals surface area (Å²) in [5.74, 6) is -1.59. The maximum Gasteiger partial charge on any atom is 0.233 e. The standard InChI is InChI=1S/C7H8N2O3S/c8-6(10)5-13(11,12)7-3-1-2-4-9-7/h1-4H,5H2,(H2,8,10). The fraction of sp³-hybridized carbons (Fsp3) is 0.143. The van der Waals surface area contributed by atoms with E-state index in [1.807, 2.05) is 0 Å². The third kappa shape index (κ3) is 2.51. The number of carbonyl (C=O) groups excluding carboxylic acids is 1. The van der Waals surface area contributed by atoms with E-state index in [9.17, 15) is 13.2 Å². The summed E-state index contributed by atoms with van der Waals surface area (Å²) in [6, 6.07) is 4.43. The number of pyridine rings is 1. The van der Waals surface area contributed by atoms with Crippen LogP contribution in [0, 0.1) is 0 Å². The molecule has 0 spiro atoms. The molecule has 1 heterocycles. The highest BCUT2D eigenvalue weighted by atomic mass is 32.2. The number of rotatable bonds is 3. The summed E-state index contributed by atoms with van der Waals surface area (Å²) in [6.07, 6.45) is 1.34. The van der Waals surface area contributed by atoms with Gasteiger partial charge in [-0.3, -0.25) is 4.79 Å². The van der Waals surface area contributed by atoms with Crippen molar-refractivity contribution < 1.29 is 13.2 Å². The Labute approximate surface area is 75.5 Å². The minimum absolute atomic E-state index is 0.131. The lowest BCUT2D eigenvalue weighted by Gasteiger charge is -1.98. The molecule has 0 unspecified atom stereocenters. The van der Waals surface area contributed by atoms with Crippen LogP contribution >= 0.6 is 0 Å². The number of hydrogen-bond donors (Lipinski definition) is 1. The summed E-state index contributed by atoms with van der Waals surface area (Å²) in [6.45, 7) is 0. The number of primary amides is 1. The monoisotopic (exact) mass is 200 g/mol. The zero-order valence-electron chi connectivity index (χ0n) is 6.67. The molecule has 0 aliphatic carbocycles. The average Bonchev–Trinajstić information content (AvgIpc) is 2.04. The zero-order valence-corrected chi connectivity index (χ0v) is 7.49. The average molecular weight is 200 g/mol. The van der Waals surface area contributed by atoms with Gasteiger partial charge in [-0.1, -0.05) is 6.07 Å². The maximum atomic E-state index is 11.3. The molecule has 0 bridgehead atoms. The summed E-state index contributed by atoms with van der Waals surface area (Å²) in [4.78, 5) is 14.0. The number of sulfone groups is 1. The summed E-state index contributed by atoms with van der Waals surface area (Å²) in [5.41, 5.74) is 4.77. The van der Waals surface area contributed by atoms with E-state index in [4.69, 9.17) is 5.73 Å². The minimum Gasteiger partial charge on any atom is -0.369 e. The topological polar surface area (TPSA) is 90.1 Å². The first-order chi connectivity index (χ1) is 6.02. The largest absolute Gasteiger partial charge is 0.369 e. The van der Waals surface area contributed by atoms with Gasteiger partial charge in [0.15, 0.2) is 5.03 Å². The van der Waals surface area contributed by atoms with Crippen LogP contribution in [0.2, 0.25) is 0 Å². The van der Waals surface area contributed by atoms with E-state index in [-0.39, 0.29) is 5.03 Å². The quantitative estimate of drug-likeness (QED) is 0.701. The molecule has 13 heavy (non-hydrogen) atoms. The number of nitrogens with zero attached hydrogens (tertiary/aromatic N) is 1. The van der Waals surface area contributed by atoms with Gasteiger partial charge in [-0.25, -0.2) is 13.4 Å². The predicted octanol–water partition coefficient (Wildman–Crippen LogP) is -0.659. The molecule has 0 aromatic carbocycles. The summed E-state index contributed by atoms with van der Waals surface area (Å²) >= 11 is 0. The van der Waals surface area contributed by atoms with E-state index < -0.39 is 21.5 Å². The van der Waals surface area contributed by atoms with Crippen molar-refractivity contribution in [2.45, 2.75) is 5.03 Å². The molecule has 5 nitrogen and oxygen atoms in total. The van der Waals surface area contributed by atoms with Gasteiger partial charge >= 0.3 is 0 Å². The molecule has 2 N–H and O–H groups in total. The SMILES string of the molecule is NC(=O)CS(=O)(=O)c1ccccn1. The number of nitrogens with two attached hydrogens (primary N) is 1. The van der Waals surface area contributed by atoms with Crippen LogP contribution in [-0.4, -0.2) is 25.1 Å². The molecule has 0 atom stereocenters. The van der Waals surface area contributed by atoms with E-state index in [0.29, 0.717) is 0 Å². The highest BCUT2D eigenvalue weighted by molar-refractivity contribution is 7.92. The molecule has 1 aromatic heterocycles. The van der Waals surface area contributed by atoms with Crippen molar-refractivity contribution in [1.82, 2.24) is 4.98 Å². The van der Waals surface area contributed by atoms with Crippen LogP contribution in [0.15, 0.2) is 29.4 Å². The Morgan fingerprint density at radius 3 is 2.62 bits per heavy atom.